The number of nitrogens with zero attached hydrogens (tertiary/aromatic N) is 2. The number of hydrogen-bond donors (Lipinski definition) is 0. The fraction of sp³-hybridized carbons (Fsp3) is 0.571. The van der Waals surface area contributed by atoms with Crippen LogP contribution in [0.15, 0.2) is 24.5 Å². The Morgan fingerprint density at radius 1 is 1.39 bits per heavy atom. The maximum Gasteiger partial charge on any atom is 0.410 e. The SMILES string of the molecule is CC(C)(C)OC(=O)N1CC[C@H](c2ccncc2)C1. The average molecular weight is 248 g/mol. The van der Waals surface area contributed by atoms with E-state index in [4.69, 9.17) is 4.74 Å². The third kappa shape index (κ3) is 3.22. The molecule has 0 N–H and O–H groups in total. The van der Waals surface area contributed by atoms with E-state index < -0.39 is 5.60 Å². The molecule has 1 fully saturated rings. The molecule has 1 aromatic heterocycles. The van der Waals surface area contributed by atoms with Crippen molar-refractivity contribution in [2.75, 3.05) is 13.1 Å². The molecule has 1 aromatic rings. The van der Waals surface area contributed by atoms with Crippen LogP contribution in [0.3, 0.4) is 0 Å². The van der Waals surface area contributed by atoms with Gasteiger partial charge in [-0.15, -0.1) is 0 Å². The molecule has 2 rings (SSSR count). The first kappa shape index (κ1) is 12.9. The van der Waals surface area contributed by atoms with Crippen molar-refractivity contribution in [2.45, 2.75) is 38.7 Å². The number of rotatable bonds is 1. The lowest BCUT2D eigenvalue weighted by atomic mass is 10.00. The smallest absolute Gasteiger partial charge is 0.410 e. The molecule has 0 aromatic carbocycles. The van der Waals surface area contributed by atoms with Gasteiger partial charge in [0.15, 0.2) is 0 Å². The number of hydrogen-bond acceptors (Lipinski definition) is 3. The van der Waals surface area contributed by atoms with Crippen LogP contribution in [-0.2, 0) is 4.74 Å². The lowest BCUT2D eigenvalue weighted by Gasteiger charge is -2.24. The van der Waals surface area contributed by atoms with Gasteiger partial charge in [-0.05, 0) is 44.9 Å². The molecule has 1 aliphatic rings. The second-order valence-electron chi connectivity index (χ2n) is 5.69. The van der Waals surface area contributed by atoms with Gasteiger partial charge in [0.25, 0.3) is 0 Å². The lowest BCUT2D eigenvalue weighted by molar-refractivity contribution is 0.0292. The first-order valence-corrected chi connectivity index (χ1v) is 6.33. The second kappa shape index (κ2) is 4.96. The lowest BCUT2D eigenvalue weighted by Crippen LogP contribution is -2.35. The Bertz CT molecular complexity index is 412. The molecule has 98 valence electrons. The van der Waals surface area contributed by atoms with Gasteiger partial charge >= 0.3 is 6.09 Å². The molecule has 1 amide bonds. The quantitative estimate of drug-likeness (QED) is 0.767. The largest absolute Gasteiger partial charge is 0.444 e. The van der Waals surface area contributed by atoms with Crippen molar-refractivity contribution in [3.05, 3.63) is 30.1 Å². The highest BCUT2D eigenvalue weighted by Gasteiger charge is 2.30. The van der Waals surface area contributed by atoms with Gasteiger partial charge < -0.3 is 9.64 Å². The molecule has 1 aliphatic heterocycles. The number of ether oxygens (including phenoxy) is 1. The van der Waals surface area contributed by atoms with Crippen molar-refractivity contribution in [3.8, 4) is 0 Å². The van der Waals surface area contributed by atoms with Gasteiger partial charge in [-0.1, -0.05) is 0 Å². The summed E-state index contributed by atoms with van der Waals surface area (Å²) in [5, 5.41) is 0. The van der Waals surface area contributed by atoms with E-state index in [1.54, 1.807) is 17.3 Å². The van der Waals surface area contributed by atoms with Gasteiger partial charge in [-0.25, -0.2) is 4.79 Å². The van der Waals surface area contributed by atoms with Gasteiger partial charge in [-0.3, -0.25) is 4.98 Å². The minimum atomic E-state index is -0.425. The van der Waals surface area contributed by atoms with Gasteiger partial charge in [0.1, 0.15) is 5.60 Å². The summed E-state index contributed by atoms with van der Waals surface area (Å²) in [6, 6.07) is 4.03. The molecule has 4 nitrogen and oxygen atoms in total. The van der Waals surface area contributed by atoms with E-state index in [0.717, 1.165) is 19.5 Å². The summed E-state index contributed by atoms with van der Waals surface area (Å²) in [6.07, 6.45) is 4.37. The standard InChI is InChI=1S/C14H20N2O2/c1-14(2,3)18-13(17)16-9-6-12(10-16)11-4-7-15-8-5-11/h4-5,7-8,12H,6,9-10H2,1-3H3/t12-/m0/s1. The Morgan fingerprint density at radius 3 is 2.67 bits per heavy atom. The van der Waals surface area contributed by atoms with E-state index in [1.165, 1.54) is 5.56 Å². The highest BCUT2D eigenvalue weighted by Crippen LogP contribution is 2.27. The van der Waals surface area contributed by atoms with Crippen LogP contribution in [0.25, 0.3) is 0 Å². The van der Waals surface area contributed by atoms with Crippen LogP contribution < -0.4 is 0 Å². The third-order valence-corrected chi connectivity index (χ3v) is 3.02. The van der Waals surface area contributed by atoms with Crippen molar-refractivity contribution in [3.63, 3.8) is 0 Å². The van der Waals surface area contributed by atoms with Gasteiger partial charge in [0.05, 0.1) is 0 Å². The monoisotopic (exact) mass is 248 g/mol. The van der Waals surface area contributed by atoms with E-state index in [9.17, 15) is 4.79 Å². The van der Waals surface area contributed by atoms with Crippen molar-refractivity contribution < 1.29 is 9.53 Å². The Morgan fingerprint density at radius 2 is 2.06 bits per heavy atom. The van der Waals surface area contributed by atoms with Crippen LogP contribution in [0.1, 0.15) is 38.7 Å². The van der Waals surface area contributed by atoms with Crippen molar-refractivity contribution in [1.82, 2.24) is 9.88 Å². The van der Waals surface area contributed by atoms with Crippen LogP contribution in [-0.4, -0.2) is 34.7 Å². The third-order valence-electron chi connectivity index (χ3n) is 3.02. The molecule has 0 spiro atoms. The van der Waals surface area contributed by atoms with E-state index in [1.807, 2.05) is 32.9 Å². The summed E-state index contributed by atoms with van der Waals surface area (Å²) >= 11 is 0. The van der Waals surface area contributed by atoms with E-state index >= 15 is 0 Å². The number of aromatic nitrogens is 1. The minimum Gasteiger partial charge on any atom is -0.444 e. The number of carbonyl (C=O) groups excluding carboxylic acids is 1. The Hall–Kier alpha value is -1.58. The molecule has 2 heterocycles. The average Bonchev–Trinajstić information content (AvgIpc) is 2.77. The molecule has 0 saturated carbocycles. The summed E-state index contributed by atoms with van der Waals surface area (Å²) in [5.74, 6) is 0.403. The van der Waals surface area contributed by atoms with Gasteiger partial charge in [0.2, 0.25) is 0 Å². The van der Waals surface area contributed by atoms with Crippen molar-refractivity contribution >= 4 is 6.09 Å². The maximum atomic E-state index is 11.9. The molecule has 18 heavy (non-hydrogen) atoms. The van der Waals surface area contributed by atoms with Crippen LogP contribution in [0, 0.1) is 0 Å². The topological polar surface area (TPSA) is 42.4 Å². The highest BCUT2D eigenvalue weighted by atomic mass is 16.6. The molecule has 1 atom stereocenters. The Kier molecular flexibility index (Phi) is 3.55. The molecule has 0 aliphatic carbocycles. The van der Waals surface area contributed by atoms with Crippen LogP contribution >= 0.6 is 0 Å². The fourth-order valence-electron chi connectivity index (χ4n) is 2.16. The van der Waals surface area contributed by atoms with E-state index in [-0.39, 0.29) is 6.09 Å². The summed E-state index contributed by atoms with van der Waals surface area (Å²) < 4.78 is 5.38. The molecule has 0 radical (unpaired) electrons. The molecule has 1 saturated heterocycles. The predicted octanol–water partition coefficient (Wildman–Crippen LogP) is 2.81. The zero-order valence-electron chi connectivity index (χ0n) is 11.2. The van der Waals surface area contributed by atoms with Crippen LogP contribution in [0.2, 0.25) is 0 Å². The Balaban J connectivity index is 1.95. The summed E-state index contributed by atoms with van der Waals surface area (Å²) in [5.41, 5.74) is 0.822. The van der Waals surface area contributed by atoms with E-state index in [0.29, 0.717) is 5.92 Å². The van der Waals surface area contributed by atoms with Crippen molar-refractivity contribution in [1.29, 1.82) is 0 Å². The fourth-order valence-corrected chi connectivity index (χ4v) is 2.16. The molecule has 0 bridgehead atoms. The minimum absolute atomic E-state index is 0.209. The number of likely N-dealkylation sites (tertiary alicyclic amines) is 1. The normalized spacial score (nSPS) is 19.9. The maximum absolute atomic E-state index is 11.9. The van der Waals surface area contributed by atoms with Crippen molar-refractivity contribution in [2.24, 2.45) is 0 Å². The number of pyridine rings is 1. The van der Waals surface area contributed by atoms with Gasteiger partial charge in [0, 0.05) is 31.4 Å². The molecule has 4 heteroatoms. The second-order valence-corrected chi connectivity index (χ2v) is 5.69. The van der Waals surface area contributed by atoms with Crippen LogP contribution in [0.4, 0.5) is 4.79 Å². The summed E-state index contributed by atoms with van der Waals surface area (Å²) in [7, 11) is 0. The summed E-state index contributed by atoms with van der Waals surface area (Å²) in [6.45, 7) is 7.17. The first-order chi connectivity index (χ1) is 8.46. The number of amides is 1. The van der Waals surface area contributed by atoms with E-state index in [2.05, 4.69) is 4.98 Å². The summed E-state index contributed by atoms with van der Waals surface area (Å²) in [4.78, 5) is 17.7. The van der Waals surface area contributed by atoms with Gasteiger partial charge in [-0.2, -0.15) is 0 Å². The predicted molar refractivity (Wildman–Crippen MR) is 69.4 cm³/mol. The zero-order chi connectivity index (χ0) is 13.2. The number of carbonyl (C=O) groups is 1. The Labute approximate surface area is 108 Å². The first-order valence-electron chi connectivity index (χ1n) is 6.33. The van der Waals surface area contributed by atoms with Crippen LogP contribution in [0.5, 0.6) is 0 Å². The molecule has 0 unspecified atom stereocenters. The zero-order valence-corrected chi connectivity index (χ0v) is 11.2. The molecular formula is C14H20N2O2. The highest BCUT2D eigenvalue weighted by molar-refractivity contribution is 5.68. The molecular weight excluding hydrogens is 228 g/mol.